The maximum Gasteiger partial charge on any atom is 0.279 e. The molecule has 3 aromatic rings. The Morgan fingerprint density at radius 1 is 1.21 bits per heavy atom. The minimum atomic E-state index is -0.173. The highest BCUT2D eigenvalue weighted by Gasteiger charge is 2.06. The second-order valence-corrected chi connectivity index (χ2v) is 5.67. The van der Waals surface area contributed by atoms with E-state index in [2.05, 4.69) is 11.7 Å². The van der Waals surface area contributed by atoms with Crippen LogP contribution < -0.4 is 20.9 Å². The summed E-state index contributed by atoms with van der Waals surface area (Å²) >= 11 is 5.90. The summed E-state index contributed by atoms with van der Waals surface area (Å²) in [6.07, 6.45) is 1.79. The van der Waals surface area contributed by atoms with Gasteiger partial charge in [0.25, 0.3) is 5.56 Å². The van der Waals surface area contributed by atoms with E-state index >= 15 is 0 Å². The van der Waals surface area contributed by atoms with Gasteiger partial charge in [-0.05, 0) is 43.3 Å². The minimum Gasteiger partial charge on any atom is -0.493 e. The third-order valence-corrected chi connectivity index (χ3v) is 3.86. The van der Waals surface area contributed by atoms with E-state index in [1.54, 1.807) is 30.3 Å². The molecule has 0 radical (unpaired) electrons. The van der Waals surface area contributed by atoms with Crippen molar-refractivity contribution < 1.29 is 4.74 Å². The molecule has 1 aromatic heterocycles. The van der Waals surface area contributed by atoms with Crippen LogP contribution in [-0.4, -0.2) is 16.4 Å². The van der Waals surface area contributed by atoms with Crippen molar-refractivity contribution in [2.24, 2.45) is 0 Å². The number of H-pyrrole nitrogens is 1. The van der Waals surface area contributed by atoms with Gasteiger partial charge >= 0.3 is 0 Å². The fraction of sp³-hybridized carbons (Fsp3) is 0.105. The highest BCUT2D eigenvalue weighted by Crippen LogP contribution is 2.18. The number of benzene rings is 2. The van der Waals surface area contributed by atoms with Crippen LogP contribution in [0.5, 0.6) is 5.75 Å². The lowest BCUT2D eigenvalue weighted by Gasteiger charge is -2.05. The second kappa shape index (κ2) is 6.81. The van der Waals surface area contributed by atoms with Gasteiger partial charge in [-0.2, -0.15) is 0 Å². The third kappa shape index (κ3) is 3.14. The van der Waals surface area contributed by atoms with Gasteiger partial charge in [-0.15, -0.1) is 0 Å². The Kier molecular flexibility index (Phi) is 4.58. The Morgan fingerprint density at radius 2 is 1.92 bits per heavy atom. The number of hydrogen-bond donors (Lipinski definition) is 1. The summed E-state index contributed by atoms with van der Waals surface area (Å²) in [6, 6.07) is 14.6. The van der Waals surface area contributed by atoms with Crippen molar-refractivity contribution in [2.45, 2.75) is 6.92 Å². The molecule has 4 nitrogen and oxygen atoms in total. The highest BCUT2D eigenvalue weighted by molar-refractivity contribution is 6.30. The van der Waals surface area contributed by atoms with E-state index in [-0.39, 0.29) is 5.56 Å². The SMILES string of the molecule is C=c1[nH]n(-c2ccc(Cl)cc2)c(=O)c1=Cc1ccccc1OCC. The maximum atomic E-state index is 12.7. The topological polar surface area (TPSA) is 47.0 Å². The van der Waals surface area contributed by atoms with Gasteiger partial charge in [0.05, 0.1) is 22.9 Å². The van der Waals surface area contributed by atoms with Crippen LogP contribution in [0.1, 0.15) is 12.5 Å². The average Bonchev–Trinajstić information content (AvgIpc) is 2.86. The standard InChI is InChI=1S/C19H17ClN2O2/c1-3-24-18-7-5-4-6-14(18)12-17-13(2)21-22(19(17)23)16-10-8-15(20)9-11-16/h4-12,21H,2-3H2,1H3. The van der Waals surface area contributed by atoms with E-state index in [0.717, 1.165) is 11.3 Å². The van der Waals surface area contributed by atoms with Crippen molar-refractivity contribution in [1.82, 2.24) is 9.78 Å². The highest BCUT2D eigenvalue weighted by atomic mass is 35.5. The third-order valence-electron chi connectivity index (χ3n) is 3.61. The molecule has 0 saturated heterocycles. The first-order valence-corrected chi connectivity index (χ1v) is 7.97. The molecule has 0 spiro atoms. The quantitative estimate of drug-likeness (QED) is 0.793. The molecule has 24 heavy (non-hydrogen) atoms. The average molecular weight is 341 g/mol. The number of rotatable bonds is 4. The lowest BCUT2D eigenvalue weighted by molar-refractivity contribution is 0.339. The second-order valence-electron chi connectivity index (χ2n) is 5.24. The fourth-order valence-electron chi connectivity index (χ4n) is 2.46. The lowest BCUT2D eigenvalue weighted by Crippen LogP contribution is -2.34. The zero-order chi connectivity index (χ0) is 17.1. The van der Waals surface area contributed by atoms with Crippen LogP contribution >= 0.6 is 11.6 Å². The fourth-order valence-corrected chi connectivity index (χ4v) is 2.58. The Bertz CT molecular complexity index is 1020. The Hall–Kier alpha value is -2.72. The van der Waals surface area contributed by atoms with E-state index in [1.165, 1.54) is 4.68 Å². The van der Waals surface area contributed by atoms with Crippen molar-refractivity contribution in [3.05, 3.63) is 80.0 Å². The van der Waals surface area contributed by atoms with Gasteiger partial charge in [-0.1, -0.05) is 36.4 Å². The molecule has 0 aliphatic carbocycles. The zero-order valence-corrected chi connectivity index (χ0v) is 14.0. The molecular formula is C19H17ClN2O2. The molecule has 0 saturated carbocycles. The van der Waals surface area contributed by atoms with Gasteiger partial charge in [0.15, 0.2) is 0 Å². The number of para-hydroxylation sites is 1. The molecular weight excluding hydrogens is 324 g/mol. The summed E-state index contributed by atoms with van der Waals surface area (Å²) in [7, 11) is 0. The van der Waals surface area contributed by atoms with Crippen molar-refractivity contribution in [1.29, 1.82) is 0 Å². The Balaban J connectivity index is 2.15. The van der Waals surface area contributed by atoms with Crippen LogP contribution in [0, 0.1) is 0 Å². The Morgan fingerprint density at radius 3 is 2.62 bits per heavy atom. The van der Waals surface area contributed by atoms with Crippen molar-refractivity contribution in [3.63, 3.8) is 0 Å². The summed E-state index contributed by atoms with van der Waals surface area (Å²) in [5.74, 6) is 0.734. The van der Waals surface area contributed by atoms with Gasteiger partial charge < -0.3 is 4.74 Å². The lowest BCUT2D eigenvalue weighted by atomic mass is 10.1. The van der Waals surface area contributed by atoms with Crippen LogP contribution in [0.2, 0.25) is 5.02 Å². The molecule has 2 aromatic carbocycles. The normalized spacial score (nSPS) is 11.7. The van der Waals surface area contributed by atoms with Crippen molar-refractivity contribution in [3.8, 4) is 11.4 Å². The van der Waals surface area contributed by atoms with E-state index in [4.69, 9.17) is 16.3 Å². The summed E-state index contributed by atoms with van der Waals surface area (Å²) in [5, 5.41) is 4.65. The summed E-state index contributed by atoms with van der Waals surface area (Å²) in [5.41, 5.74) is 1.37. The smallest absolute Gasteiger partial charge is 0.279 e. The summed E-state index contributed by atoms with van der Waals surface area (Å²) < 4.78 is 7.06. The number of aromatic amines is 1. The molecule has 1 N–H and O–H groups in total. The van der Waals surface area contributed by atoms with Crippen LogP contribution in [0.15, 0.2) is 53.3 Å². The first kappa shape index (κ1) is 16.1. The van der Waals surface area contributed by atoms with Crippen LogP contribution in [0.3, 0.4) is 0 Å². The zero-order valence-electron chi connectivity index (χ0n) is 13.3. The van der Waals surface area contributed by atoms with E-state index in [9.17, 15) is 4.79 Å². The Labute approximate surface area is 144 Å². The molecule has 0 unspecified atom stereocenters. The monoisotopic (exact) mass is 340 g/mol. The molecule has 3 rings (SSSR count). The molecule has 0 aliphatic heterocycles. The van der Waals surface area contributed by atoms with Gasteiger partial charge in [-0.3, -0.25) is 9.89 Å². The van der Waals surface area contributed by atoms with Crippen LogP contribution in [0.25, 0.3) is 18.3 Å². The van der Waals surface area contributed by atoms with Crippen molar-refractivity contribution in [2.75, 3.05) is 6.61 Å². The molecule has 0 fully saturated rings. The molecule has 0 bridgehead atoms. The minimum absolute atomic E-state index is 0.173. The molecule has 0 aliphatic rings. The van der Waals surface area contributed by atoms with E-state index in [1.807, 2.05) is 31.2 Å². The predicted octanol–water partition coefficient (Wildman–Crippen LogP) is 2.46. The maximum absolute atomic E-state index is 12.7. The van der Waals surface area contributed by atoms with E-state index < -0.39 is 0 Å². The predicted molar refractivity (Wildman–Crippen MR) is 97.3 cm³/mol. The van der Waals surface area contributed by atoms with Gasteiger partial charge in [0.2, 0.25) is 0 Å². The molecule has 122 valence electrons. The van der Waals surface area contributed by atoms with Gasteiger partial charge in [0, 0.05) is 10.6 Å². The molecule has 5 heteroatoms. The number of aromatic nitrogens is 2. The van der Waals surface area contributed by atoms with Gasteiger partial charge in [-0.25, -0.2) is 4.68 Å². The van der Waals surface area contributed by atoms with Crippen molar-refractivity contribution >= 4 is 24.3 Å². The van der Waals surface area contributed by atoms with Gasteiger partial charge in [0.1, 0.15) is 5.75 Å². The first-order valence-electron chi connectivity index (χ1n) is 7.59. The summed E-state index contributed by atoms with van der Waals surface area (Å²) in [6.45, 7) is 6.43. The van der Waals surface area contributed by atoms with E-state index in [0.29, 0.717) is 27.9 Å². The summed E-state index contributed by atoms with van der Waals surface area (Å²) in [4.78, 5) is 12.7. The first-order chi connectivity index (χ1) is 11.6. The molecule has 0 amide bonds. The van der Waals surface area contributed by atoms with Crippen LogP contribution in [-0.2, 0) is 0 Å². The van der Waals surface area contributed by atoms with Crippen LogP contribution in [0.4, 0.5) is 0 Å². The molecule has 0 atom stereocenters. The molecule has 1 heterocycles. The largest absolute Gasteiger partial charge is 0.493 e. The number of halogens is 1. The number of hydrogen-bond acceptors (Lipinski definition) is 2. The number of nitrogens with zero attached hydrogens (tertiary/aromatic N) is 1. The number of ether oxygens (including phenoxy) is 1. The number of nitrogens with one attached hydrogen (secondary N) is 1.